The van der Waals surface area contributed by atoms with E-state index in [4.69, 9.17) is 4.74 Å². The lowest BCUT2D eigenvalue weighted by Crippen LogP contribution is -2.48. The lowest BCUT2D eigenvalue weighted by molar-refractivity contribution is 0.0124. The fourth-order valence-electron chi connectivity index (χ4n) is 3.32. The predicted octanol–water partition coefficient (Wildman–Crippen LogP) is 3.89. The Morgan fingerprint density at radius 1 is 1.30 bits per heavy atom. The first-order valence-corrected chi connectivity index (χ1v) is 9.65. The van der Waals surface area contributed by atoms with Crippen LogP contribution in [0.1, 0.15) is 57.8 Å². The molecule has 0 radical (unpaired) electrons. The third kappa shape index (κ3) is 5.88. The van der Waals surface area contributed by atoms with Crippen LogP contribution in [0.3, 0.4) is 0 Å². The highest BCUT2D eigenvalue weighted by atomic mass is 16.6. The van der Waals surface area contributed by atoms with Crippen LogP contribution in [0, 0.1) is 5.92 Å². The molecule has 0 aromatic heterocycles. The number of phenols is 1. The van der Waals surface area contributed by atoms with Crippen molar-refractivity contribution in [2.45, 2.75) is 59.1 Å². The number of amides is 2. The molecule has 1 aliphatic heterocycles. The molecule has 6 heteroatoms. The second-order valence-corrected chi connectivity index (χ2v) is 8.50. The van der Waals surface area contributed by atoms with E-state index in [1.54, 1.807) is 28.0 Å². The molecule has 1 aromatic rings. The standard InChI is InChI=1S/C21H32N2O4/c1-15(2)23(20(26)27-21(3,4)5)14-16-9-8-12-22(13-16)19(25)17-10-6-7-11-18(17)24/h6-7,10-11,15-16,24H,8-9,12-14H2,1-5H3. The van der Waals surface area contributed by atoms with E-state index < -0.39 is 5.60 Å². The summed E-state index contributed by atoms with van der Waals surface area (Å²) in [5.41, 5.74) is -0.213. The van der Waals surface area contributed by atoms with E-state index in [1.807, 2.05) is 34.6 Å². The van der Waals surface area contributed by atoms with Gasteiger partial charge in [-0.05, 0) is 65.5 Å². The number of hydrogen-bond donors (Lipinski definition) is 1. The van der Waals surface area contributed by atoms with Gasteiger partial charge in [0.25, 0.3) is 5.91 Å². The maximum Gasteiger partial charge on any atom is 0.410 e. The molecule has 2 amide bonds. The fourth-order valence-corrected chi connectivity index (χ4v) is 3.32. The van der Waals surface area contributed by atoms with Crippen molar-refractivity contribution in [3.8, 4) is 5.75 Å². The molecule has 27 heavy (non-hydrogen) atoms. The summed E-state index contributed by atoms with van der Waals surface area (Å²) < 4.78 is 5.54. The first kappa shape index (κ1) is 21.1. The van der Waals surface area contributed by atoms with Crippen molar-refractivity contribution in [1.82, 2.24) is 9.80 Å². The van der Waals surface area contributed by atoms with Crippen molar-refractivity contribution in [1.29, 1.82) is 0 Å². The van der Waals surface area contributed by atoms with Gasteiger partial charge in [-0.25, -0.2) is 4.79 Å². The van der Waals surface area contributed by atoms with Crippen LogP contribution in [-0.2, 0) is 4.74 Å². The molecule has 1 heterocycles. The zero-order valence-corrected chi connectivity index (χ0v) is 17.1. The van der Waals surface area contributed by atoms with Gasteiger partial charge in [-0.2, -0.15) is 0 Å². The number of ether oxygens (including phenoxy) is 1. The number of hydrogen-bond acceptors (Lipinski definition) is 4. The highest BCUT2D eigenvalue weighted by Crippen LogP contribution is 2.24. The molecule has 0 bridgehead atoms. The van der Waals surface area contributed by atoms with Crippen LogP contribution in [0.5, 0.6) is 5.75 Å². The molecule has 1 N–H and O–H groups in total. The van der Waals surface area contributed by atoms with Gasteiger partial charge >= 0.3 is 6.09 Å². The molecule has 0 aliphatic carbocycles. The molecule has 0 saturated carbocycles. The average Bonchev–Trinajstić information content (AvgIpc) is 2.58. The molecule has 1 fully saturated rings. The number of nitrogens with zero attached hydrogens (tertiary/aromatic N) is 2. The number of rotatable bonds is 4. The largest absolute Gasteiger partial charge is 0.507 e. The summed E-state index contributed by atoms with van der Waals surface area (Å²) in [6, 6.07) is 6.63. The predicted molar refractivity (Wildman–Crippen MR) is 105 cm³/mol. The number of carbonyl (C=O) groups is 2. The Kier molecular flexibility index (Phi) is 6.73. The number of para-hydroxylation sites is 1. The van der Waals surface area contributed by atoms with E-state index in [9.17, 15) is 14.7 Å². The second-order valence-electron chi connectivity index (χ2n) is 8.50. The highest BCUT2D eigenvalue weighted by Gasteiger charge is 2.31. The van der Waals surface area contributed by atoms with Crippen molar-refractivity contribution < 1.29 is 19.4 Å². The molecule has 2 rings (SSSR count). The van der Waals surface area contributed by atoms with Gasteiger partial charge in [-0.3, -0.25) is 4.79 Å². The maximum absolute atomic E-state index is 12.8. The van der Waals surface area contributed by atoms with Crippen LogP contribution in [-0.4, -0.2) is 58.2 Å². The van der Waals surface area contributed by atoms with E-state index in [0.717, 1.165) is 12.8 Å². The second kappa shape index (κ2) is 8.63. The molecule has 1 atom stereocenters. The van der Waals surface area contributed by atoms with Gasteiger partial charge in [-0.15, -0.1) is 0 Å². The Hall–Kier alpha value is -2.24. The van der Waals surface area contributed by atoms with Crippen molar-refractivity contribution >= 4 is 12.0 Å². The van der Waals surface area contributed by atoms with Gasteiger partial charge in [0.05, 0.1) is 5.56 Å². The molecule has 0 spiro atoms. The minimum absolute atomic E-state index is 0.00202. The molecule has 1 aliphatic rings. The van der Waals surface area contributed by atoms with Crippen LogP contribution < -0.4 is 0 Å². The molecule has 1 saturated heterocycles. The first-order chi connectivity index (χ1) is 12.6. The third-order valence-electron chi connectivity index (χ3n) is 4.65. The lowest BCUT2D eigenvalue weighted by Gasteiger charge is -2.37. The Balaban J connectivity index is 2.05. The fraction of sp³-hybridized carbons (Fsp3) is 0.619. The SMILES string of the molecule is CC(C)N(CC1CCCN(C(=O)c2ccccc2O)C1)C(=O)OC(C)(C)C. The molecule has 6 nitrogen and oxygen atoms in total. The van der Waals surface area contributed by atoms with Crippen molar-refractivity contribution in [3.05, 3.63) is 29.8 Å². The van der Waals surface area contributed by atoms with E-state index in [1.165, 1.54) is 6.07 Å². The van der Waals surface area contributed by atoms with Crippen LogP contribution in [0.2, 0.25) is 0 Å². The number of benzene rings is 1. The number of carbonyl (C=O) groups excluding carboxylic acids is 2. The molecule has 1 aromatic carbocycles. The third-order valence-corrected chi connectivity index (χ3v) is 4.65. The number of piperidine rings is 1. The topological polar surface area (TPSA) is 70.1 Å². The lowest BCUT2D eigenvalue weighted by atomic mass is 9.96. The number of aromatic hydroxyl groups is 1. The van der Waals surface area contributed by atoms with Crippen molar-refractivity contribution in [2.24, 2.45) is 5.92 Å². The Bertz CT molecular complexity index is 666. The Morgan fingerprint density at radius 2 is 1.96 bits per heavy atom. The average molecular weight is 376 g/mol. The summed E-state index contributed by atoms with van der Waals surface area (Å²) in [6.45, 7) is 11.3. The van der Waals surface area contributed by atoms with E-state index in [0.29, 0.717) is 25.2 Å². The first-order valence-electron chi connectivity index (χ1n) is 9.65. The smallest absolute Gasteiger partial charge is 0.410 e. The van der Waals surface area contributed by atoms with Gasteiger partial charge < -0.3 is 19.6 Å². The monoisotopic (exact) mass is 376 g/mol. The summed E-state index contributed by atoms with van der Waals surface area (Å²) in [5, 5.41) is 9.96. The Labute approximate surface area is 162 Å². The molecular formula is C21H32N2O4. The van der Waals surface area contributed by atoms with Crippen LogP contribution >= 0.6 is 0 Å². The van der Waals surface area contributed by atoms with Gasteiger partial charge in [0.15, 0.2) is 0 Å². The number of phenolic OH excluding ortho intramolecular Hbond substituents is 1. The summed E-state index contributed by atoms with van der Waals surface area (Å²) in [5.74, 6) is 0.0248. The van der Waals surface area contributed by atoms with Crippen molar-refractivity contribution in [2.75, 3.05) is 19.6 Å². The normalized spacial score (nSPS) is 17.7. The van der Waals surface area contributed by atoms with Crippen LogP contribution in [0.4, 0.5) is 4.79 Å². The highest BCUT2D eigenvalue weighted by molar-refractivity contribution is 5.96. The molecular weight excluding hydrogens is 344 g/mol. The minimum Gasteiger partial charge on any atom is -0.507 e. The summed E-state index contributed by atoms with van der Waals surface area (Å²) in [7, 11) is 0. The number of likely N-dealkylation sites (tertiary alicyclic amines) is 1. The van der Waals surface area contributed by atoms with E-state index in [2.05, 4.69) is 0 Å². The van der Waals surface area contributed by atoms with Crippen LogP contribution in [0.25, 0.3) is 0 Å². The van der Waals surface area contributed by atoms with Crippen molar-refractivity contribution in [3.63, 3.8) is 0 Å². The zero-order chi connectivity index (χ0) is 20.2. The quantitative estimate of drug-likeness (QED) is 0.865. The summed E-state index contributed by atoms with van der Waals surface area (Å²) >= 11 is 0. The van der Waals surface area contributed by atoms with Gasteiger partial charge in [-0.1, -0.05) is 12.1 Å². The van der Waals surface area contributed by atoms with Crippen LogP contribution in [0.15, 0.2) is 24.3 Å². The summed E-state index contributed by atoms with van der Waals surface area (Å²) in [4.78, 5) is 28.8. The van der Waals surface area contributed by atoms with Gasteiger partial charge in [0.2, 0.25) is 0 Å². The minimum atomic E-state index is -0.538. The maximum atomic E-state index is 12.8. The van der Waals surface area contributed by atoms with E-state index in [-0.39, 0.29) is 29.7 Å². The van der Waals surface area contributed by atoms with E-state index >= 15 is 0 Å². The van der Waals surface area contributed by atoms with Gasteiger partial charge in [0.1, 0.15) is 11.4 Å². The summed E-state index contributed by atoms with van der Waals surface area (Å²) in [6.07, 6.45) is 1.52. The zero-order valence-electron chi connectivity index (χ0n) is 17.1. The molecule has 150 valence electrons. The Morgan fingerprint density at radius 3 is 2.56 bits per heavy atom. The van der Waals surface area contributed by atoms with Gasteiger partial charge in [0, 0.05) is 25.7 Å². The molecule has 1 unspecified atom stereocenters.